The Kier molecular flexibility index (Phi) is 3.88. The maximum absolute atomic E-state index is 13.2. The molecule has 0 aromatic heterocycles. The van der Waals surface area contributed by atoms with Gasteiger partial charge < -0.3 is 10.6 Å². The fraction of sp³-hybridized carbons (Fsp3) is 0.222. The highest BCUT2D eigenvalue weighted by atomic mass is 79.9. The molecule has 0 aliphatic rings. The molecule has 0 heterocycles. The van der Waals surface area contributed by atoms with Crippen molar-refractivity contribution in [2.75, 3.05) is 18.9 Å². The lowest BCUT2D eigenvalue weighted by molar-refractivity contribution is -0.118. The van der Waals surface area contributed by atoms with Crippen LogP contribution in [0.4, 0.5) is 10.1 Å². The molecule has 5 heteroatoms. The molecule has 0 spiro atoms. The van der Waals surface area contributed by atoms with Gasteiger partial charge in [0.2, 0.25) is 5.91 Å². The molecule has 0 atom stereocenters. The van der Waals surface area contributed by atoms with Crippen LogP contribution in [0.5, 0.6) is 0 Å². The Bertz CT molecular complexity index is 323. The largest absolute Gasteiger partial charge is 0.373 e. The van der Waals surface area contributed by atoms with Crippen molar-refractivity contribution in [1.82, 2.24) is 5.32 Å². The van der Waals surface area contributed by atoms with Gasteiger partial charge in [0.25, 0.3) is 0 Å². The second-order valence-corrected chi connectivity index (χ2v) is 3.48. The number of likely N-dealkylation sites (N-methyl/N-ethyl adjacent to an activating group) is 1. The summed E-state index contributed by atoms with van der Waals surface area (Å²) in [7, 11) is 1.53. The molecule has 0 bridgehead atoms. The minimum atomic E-state index is -0.386. The average molecular weight is 261 g/mol. The second kappa shape index (κ2) is 4.95. The van der Waals surface area contributed by atoms with Gasteiger partial charge in [-0.2, -0.15) is 0 Å². The van der Waals surface area contributed by atoms with Gasteiger partial charge in [0.15, 0.2) is 0 Å². The first-order chi connectivity index (χ1) is 6.65. The van der Waals surface area contributed by atoms with Gasteiger partial charge in [-0.3, -0.25) is 4.79 Å². The second-order valence-electron chi connectivity index (χ2n) is 2.62. The summed E-state index contributed by atoms with van der Waals surface area (Å²) in [4.78, 5) is 10.9. The van der Waals surface area contributed by atoms with Crippen molar-refractivity contribution in [2.45, 2.75) is 0 Å². The first kappa shape index (κ1) is 11.0. The van der Waals surface area contributed by atoms with E-state index in [1.54, 1.807) is 12.1 Å². The zero-order valence-electron chi connectivity index (χ0n) is 7.60. The fourth-order valence-electron chi connectivity index (χ4n) is 0.924. The maximum atomic E-state index is 13.2. The predicted octanol–water partition coefficient (Wildman–Crippen LogP) is 1.75. The number of nitrogens with one attached hydrogen (secondary N) is 2. The fourth-order valence-corrected chi connectivity index (χ4v) is 1.41. The number of carbonyl (C=O) groups is 1. The van der Waals surface area contributed by atoms with Crippen LogP contribution in [-0.2, 0) is 4.79 Å². The lowest BCUT2D eigenvalue weighted by atomic mass is 10.3. The Morgan fingerprint density at radius 3 is 2.86 bits per heavy atom. The number of benzene rings is 1. The van der Waals surface area contributed by atoms with E-state index < -0.39 is 0 Å². The Hall–Kier alpha value is -1.10. The molecule has 76 valence electrons. The topological polar surface area (TPSA) is 41.1 Å². The molecule has 0 aliphatic carbocycles. The Labute approximate surface area is 89.8 Å². The van der Waals surface area contributed by atoms with Crippen LogP contribution in [0, 0.1) is 5.82 Å². The molecule has 1 amide bonds. The van der Waals surface area contributed by atoms with E-state index in [1.165, 1.54) is 13.1 Å². The van der Waals surface area contributed by atoms with Crippen LogP contribution < -0.4 is 10.6 Å². The molecular weight excluding hydrogens is 251 g/mol. The highest BCUT2D eigenvalue weighted by molar-refractivity contribution is 9.10. The van der Waals surface area contributed by atoms with Gasteiger partial charge in [-0.05, 0) is 28.1 Å². The quantitative estimate of drug-likeness (QED) is 0.870. The van der Waals surface area contributed by atoms with E-state index in [0.717, 1.165) is 0 Å². The van der Waals surface area contributed by atoms with Crippen molar-refractivity contribution in [1.29, 1.82) is 0 Å². The predicted molar refractivity (Wildman–Crippen MR) is 56.7 cm³/mol. The van der Waals surface area contributed by atoms with Gasteiger partial charge >= 0.3 is 0 Å². The van der Waals surface area contributed by atoms with Crippen LogP contribution in [0.1, 0.15) is 0 Å². The molecule has 2 N–H and O–H groups in total. The molecule has 0 unspecified atom stereocenters. The maximum Gasteiger partial charge on any atom is 0.239 e. The lowest BCUT2D eigenvalue weighted by Crippen LogP contribution is -2.26. The summed E-state index contributed by atoms with van der Waals surface area (Å²) in [5.74, 6) is -0.580. The van der Waals surface area contributed by atoms with Gasteiger partial charge in [0.05, 0.1) is 12.2 Å². The Morgan fingerprint density at radius 1 is 1.57 bits per heavy atom. The van der Waals surface area contributed by atoms with Crippen LogP contribution >= 0.6 is 15.9 Å². The SMILES string of the molecule is CNC(=O)CNc1c(F)cccc1Br. The van der Waals surface area contributed by atoms with Crippen molar-refractivity contribution in [3.63, 3.8) is 0 Å². The van der Waals surface area contributed by atoms with Gasteiger partial charge in [-0.25, -0.2) is 4.39 Å². The summed E-state index contributed by atoms with van der Waals surface area (Å²) in [6.45, 7) is 0.0516. The summed E-state index contributed by atoms with van der Waals surface area (Å²) in [6, 6.07) is 4.62. The average Bonchev–Trinajstić information content (AvgIpc) is 2.16. The summed E-state index contributed by atoms with van der Waals surface area (Å²) in [6.07, 6.45) is 0. The molecule has 1 aromatic carbocycles. The first-order valence-electron chi connectivity index (χ1n) is 4.03. The van der Waals surface area contributed by atoms with Crippen molar-refractivity contribution in [3.05, 3.63) is 28.5 Å². The number of hydrogen-bond donors (Lipinski definition) is 2. The molecular formula is C9H10BrFN2O. The molecule has 0 saturated carbocycles. The van der Waals surface area contributed by atoms with Gasteiger partial charge in [0.1, 0.15) is 5.82 Å². The third-order valence-corrected chi connectivity index (χ3v) is 2.33. The molecule has 1 aromatic rings. The number of amides is 1. The minimum Gasteiger partial charge on any atom is -0.373 e. The summed E-state index contributed by atoms with van der Waals surface area (Å²) < 4.78 is 13.8. The van der Waals surface area contributed by atoms with E-state index in [1.807, 2.05) is 0 Å². The van der Waals surface area contributed by atoms with Crippen LogP contribution in [0.25, 0.3) is 0 Å². The van der Waals surface area contributed by atoms with Crippen molar-refractivity contribution in [2.24, 2.45) is 0 Å². The standard InChI is InChI=1S/C9H10BrFN2O/c1-12-8(14)5-13-9-6(10)3-2-4-7(9)11/h2-4,13H,5H2,1H3,(H,12,14). The first-order valence-corrected chi connectivity index (χ1v) is 4.83. The van der Waals surface area contributed by atoms with Gasteiger partial charge in [0, 0.05) is 11.5 Å². The van der Waals surface area contributed by atoms with Crippen LogP contribution in [0.3, 0.4) is 0 Å². The van der Waals surface area contributed by atoms with E-state index >= 15 is 0 Å². The number of para-hydroxylation sites is 1. The minimum absolute atomic E-state index is 0.0516. The van der Waals surface area contributed by atoms with Crippen molar-refractivity contribution < 1.29 is 9.18 Å². The number of halogens is 2. The number of anilines is 1. The molecule has 14 heavy (non-hydrogen) atoms. The van der Waals surface area contributed by atoms with Crippen LogP contribution in [0.2, 0.25) is 0 Å². The summed E-state index contributed by atoms with van der Waals surface area (Å²) in [5.41, 5.74) is 0.302. The smallest absolute Gasteiger partial charge is 0.239 e. The monoisotopic (exact) mass is 260 g/mol. The van der Waals surface area contributed by atoms with E-state index in [4.69, 9.17) is 0 Å². The van der Waals surface area contributed by atoms with E-state index in [0.29, 0.717) is 10.2 Å². The third kappa shape index (κ3) is 2.70. The Morgan fingerprint density at radius 2 is 2.29 bits per heavy atom. The van der Waals surface area contributed by atoms with Crippen molar-refractivity contribution in [3.8, 4) is 0 Å². The van der Waals surface area contributed by atoms with Crippen LogP contribution in [-0.4, -0.2) is 19.5 Å². The number of carbonyl (C=O) groups excluding carboxylic acids is 1. The van der Waals surface area contributed by atoms with Gasteiger partial charge in [-0.15, -0.1) is 0 Å². The highest BCUT2D eigenvalue weighted by Gasteiger charge is 2.06. The van der Waals surface area contributed by atoms with E-state index in [-0.39, 0.29) is 18.3 Å². The van der Waals surface area contributed by atoms with E-state index in [9.17, 15) is 9.18 Å². The van der Waals surface area contributed by atoms with Gasteiger partial charge in [-0.1, -0.05) is 6.07 Å². The lowest BCUT2D eigenvalue weighted by Gasteiger charge is -2.08. The van der Waals surface area contributed by atoms with Crippen LogP contribution in [0.15, 0.2) is 22.7 Å². The van der Waals surface area contributed by atoms with Crippen molar-refractivity contribution >= 4 is 27.5 Å². The molecule has 3 nitrogen and oxygen atoms in total. The highest BCUT2D eigenvalue weighted by Crippen LogP contribution is 2.24. The summed E-state index contributed by atoms with van der Waals surface area (Å²) >= 11 is 3.18. The molecule has 0 radical (unpaired) electrons. The zero-order chi connectivity index (χ0) is 10.6. The zero-order valence-corrected chi connectivity index (χ0v) is 9.19. The normalized spacial score (nSPS) is 9.64. The number of rotatable bonds is 3. The molecule has 0 fully saturated rings. The molecule has 0 aliphatic heterocycles. The molecule has 0 saturated heterocycles. The number of hydrogen-bond acceptors (Lipinski definition) is 2. The summed E-state index contributed by atoms with van der Waals surface area (Å²) in [5, 5.41) is 5.13. The van der Waals surface area contributed by atoms with E-state index in [2.05, 4.69) is 26.6 Å². The molecule has 1 rings (SSSR count). The third-order valence-electron chi connectivity index (χ3n) is 1.67. The Balaban J connectivity index is 2.71.